The number of pyridine rings is 1. The Labute approximate surface area is 115 Å². The quantitative estimate of drug-likeness (QED) is 0.869. The van der Waals surface area contributed by atoms with Crippen LogP contribution in [0.3, 0.4) is 0 Å². The second-order valence-electron chi connectivity index (χ2n) is 4.61. The number of rotatable bonds is 4. The van der Waals surface area contributed by atoms with Crippen LogP contribution in [0.5, 0.6) is 0 Å². The molecule has 1 N–H and O–H groups in total. The maximum atomic E-state index is 12.1. The number of oxime groups is 1. The largest absolute Gasteiger partial charge is 0.477 e. The number of carbonyl (C=O) groups excluding carboxylic acids is 1. The Morgan fingerprint density at radius 1 is 1.50 bits per heavy atom. The molecule has 0 aromatic carbocycles. The number of carbonyl (C=O) groups is 2. The smallest absolute Gasteiger partial charge is 0.353 e. The lowest BCUT2D eigenvalue weighted by Crippen LogP contribution is -2.36. The minimum atomic E-state index is -1.16. The molecule has 1 amide bonds. The minimum Gasteiger partial charge on any atom is -0.477 e. The molecule has 0 saturated carbocycles. The van der Waals surface area contributed by atoms with Gasteiger partial charge in [-0.05, 0) is 19.1 Å². The van der Waals surface area contributed by atoms with E-state index in [0.29, 0.717) is 6.54 Å². The summed E-state index contributed by atoms with van der Waals surface area (Å²) in [5, 5.41) is 12.2. The first-order chi connectivity index (χ1) is 9.47. The standard InChI is InChI=1S/C13H15N3O4/c1-8-4-3-5-9(14-8)7-16(2)12(17)11-6-10(13(18)19)15-20-11/h3-5,11H,6-7H2,1-2H3,(H,18,19). The number of carboxylic acid groups (broad SMARTS) is 1. The highest BCUT2D eigenvalue weighted by molar-refractivity contribution is 6.36. The Morgan fingerprint density at radius 2 is 2.25 bits per heavy atom. The summed E-state index contributed by atoms with van der Waals surface area (Å²) >= 11 is 0. The maximum absolute atomic E-state index is 12.1. The van der Waals surface area contributed by atoms with E-state index in [2.05, 4.69) is 10.1 Å². The molecule has 0 radical (unpaired) electrons. The summed E-state index contributed by atoms with van der Waals surface area (Å²) in [5.74, 6) is -1.48. The first-order valence-electron chi connectivity index (χ1n) is 6.11. The van der Waals surface area contributed by atoms with E-state index in [0.717, 1.165) is 11.4 Å². The molecular weight excluding hydrogens is 262 g/mol. The molecule has 106 valence electrons. The van der Waals surface area contributed by atoms with Crippen LogP contribution in [0.25, 0.3) is 0 Å². The number of likely N-dealkylation sites (N-methyl/N-ethyl adjacent to an activating group) is 1. The highest BCUT2D eigenvalue weighted by Gasteiger charge is 2.33. The van der Waals surface area contributed by atoms with Gasteiger partial charge in [0.25, 0.3) is 5.91 Å². The second-order valence-corrected chi connectivity index (χ2v) is 4.61. The van der Waals surface area contributed by atoms with Gasteiger partial charge >= 0.3 is 5.97 Å². The lowest BCUT2D eigenvalue weighted by molar-refractivity contribution is -0.141. The van der Waals surface area contributed by atoms with E-state index in [4.69, 9.17) is 9.94 Å². The molecule has 1 unspecified atom stereocenters. The molecule has 1 aliphatic heterocycles. The van der Waals surface area contributed by atoms with Gasteiger partial charge in [0.1, 0.15) is 0 Å². The molecule has 2 heterocycles. The van der Waals surface area contributed by atoms with Crippen LogP contribution >= 0.6 is 0 Å². The van der Waals surface area contributed by atoms with E-state index in [1.807, 2.05) is 25.1 Å². The van der Waals surface area contributed by atoms with Gasteiger partial charge in [-0.3, -0.25) is 9.78 Å². The second kappa shape index (κ2) is 5.68. The fraction of sp³-hybridized carbons (Fsp3) is 0.385. The van der Waals surface area contributed by atoms with Crippen LogP contribution in [0, 0.1) is 6.92 Å². The molecule has 0 bridgehead atoms. The summed E-state index contributed by atoms with van der Waals surface area (Å²) in [4.78, 5) is 33.5. The number of aliphatic carboxylic acids is 1. The van der Waals surface area contributed by atoms with Gasteiger partial charge in [0.15, 0.2) is 5.71 Å². The summed E-state index contributed by atoms with van der Waals surface area (Å²) in [6.07, 6.45) is -0.879. The van der Waals surface area contributed by atoms with Gasteiger partial charge in [-0.1, -0.05) is 11.2 Å². The van der Waals surface area contributed by atoms with Gasteiger partial charge in [0.05, 0.1) is 12.2 Å². The predicted octanol–water partition coefficient (Wildman–Crippen LogP) is 0.578. The number of nitrogens with zero attached hydrogens (tertiary/aromatic N) is 3. The van der Waals surface area contributed by atoms with Gasteiger partial charge in [0.2, 0.25) is 6.10 Å². The lowest BCUT2D eigenvalue weighted by Gasteiger charge is -2.19. The van der Waals surface area contributed by atoms with Gasteiger partial charge < -0.3 is 14.8 Å². The highest BCUT2D eigenvalue weighted by Crippen LogP contribution is 2.14. The predicted molar refractivity (Wildman–Crippen MR) is 70.0 cm³/mol. The third-order valence-corrected chi connectivity index (χ3v) is 2.91. The maximum Gasteiger partial charge on any atom is 0.353 e. The molecule has 1 aromatic rings. The zero-order chi connectivity index (χ0) is 14.7. The number of hydrogen-bond acceptors (Lipinski definition) is 5. The average Bonchev–Trinajstić information content (AvgIpc) is 2.87. The van der Waals surface area contributed by atoms with Crippen molar-refractivity contribution in [3.05, 3.63) is 29.6 Å². The van der Waals surface area contributed by atoms with Crippen LogP contribution in [-0.4, -0.2) is 45.7 Å². The van der Waals surface area contributed by atoms with Crippen LogP contribution < -0.4 is 0 Å². The third-order valence-electron chi connectivity index (χ3n) is 2.91. The summed E-state index contributed by atoms with van der Waals surface area (Å²) in [6.45, 7) is 2.21. The molecule has 20 heavy (non-hydrogen) atoms. The van der Waals surface area contributed by atoms with E-state index in [1.54, 1.807) is 7.05 Å². The Morgan fingerprint density at radius 3 is 2.85 bits per heavy atom. The third kappa shape index (κ3) is 3.11. The van der Waals surface area contributed by atoms with E-state index >= 15 is 0 Å². The van der Waals surface area contributed by atoms with Crippen molar-refractivity contribution < 1.29 is 19.5 Å². The first kappa shape index (κ1) is 14.0. The molecule has 7 heteroatoms. The molecule has 1 atom stereocenters. The number of aromatic nitrogens is 1. The van der Waals surface area contributed by atoms with Gasteiger partial charge in [-0.25, -0.2) is 4.79 Å². The zero-order valence-electron chi connectivity index (χ0n) is 11.2. The van der Waals surface area contributed by atoms with Crippen molar-refractivity contribution in [1.82, 2.24) is 9.88 Å². The summed E-state index contributed by atoms with van der Waals surface area (Å²) in [5.41, 5.74) is 1.50. The van der Waals surface area contributed by atoms with Crippen molar-refractivity contribution in [3.8, 4) is 0 Å². The first-order valence-corrected chi connectivity index (χ1v) is 6.11. The topological polar surface area (TPSA) is 92.1 Å². The van der Waals surface area contributed by atoms with Crippen LogP contribution in [0.2, 0.25) is 0 Å². The number of hydrogen-bond donors (Lipinski definition) is 1. The van der Waals surface area contributed by atoms with Crippen molar-refractivity contribution in [2.24, 2.45) is 5.16 Å². The highest BCUT2D eigenvalue weighted by atomic mass is 16.6. The Bertz CT molecular complexity index is 570. The molecule has 0 spiro atoms. The summed E-state index contributed by atoms with van der Waals surface area (Å²) < 4.78 is 0. The van der Waals surface area contributed by atoms with E-state index in [-0.39, 0.29) is 18.0 Å². The van der Waals surface area contributed by atoms with Crippen molar-refractivity contribution in [2.45, 2.75) is 26.0 Å². The van der Waals surface area contributed by atoms with Crippen LogP contribution in [0.4, 0.5) is 0 Å². The van der Waals surface area contributed by atoms with Crippen molar-refractivity contribution in [1.29, 1.82) is 0 Å². The molecule has 0 saturated heterocycles. The minimum absolute atomic E-state index is 0.0141. The van der Waals surface area contributed by atoms with E-state index in [9.17, 15) is 9.59 Å². The summed E-state index contributed by atoms with van der Waals surface area (Å²) in [7, 11) is 1.62. The number of amides is 1. The zero-order valence-corrected chi connectivity index (χ0v) is 11.2. The molecule has 1 aromatic heterocycles. The van der Waals surface area contributed by atoms with Gasteiger partial charge in [0, 0.05) is 19.2 Å². The molecule has 0 fully saturated rings. The van der Waals surface area contributed by atoms with Crippen molar-refractivity contribution >= 4 is 17.6 Å². The lowest BCUT2D eigenvalue weighted by atomic mass is 10.1. The SMILES string of the molecule is Cc1cccc(CN(C)C(=O)C2CC(C(=O)O)=NO2)n1. The molecule has 0 aliphatic carbocycles. The summed E-state index contributed by atoms with van der Waals surface area (Å²) in [6, 6.07) is 5.57. The fourth-order valence-corrected chi connectivity index (χ4v) is 1.89. The number of aryl methyl sites for hydroxylation is 1. The normalized spacial score (nSPS) is 17.3. The number of carboxylic acids is 1. The van der Waals surface area contributed by atoms with Gasteiger partial charge in [-0.2, -0.15) is 0 Å². The van der Waals surface area contributed by atoms with Crippen molar-refractivity contribution in [3.63, 3.8) is 0 Å². The molecule has 1 aliphatic rings. The van der Waals surface area contributed by atoms with E-state index in [1.165, 1.54) is 4.90 Å². The van der Waals surface area contributed by atoms with Crippen LogP contribution in [-0.2, 0) is 21.0 Å². The molecule has 2 rings (SSSR count). The monoisotopic (exact) mass is 277 g/mol. The van der Waals surface area contributed by atoms with Gasteiger partial charge in [-0.15, -0.1) is 0 Å². The Kier molecular flexibility index (Phi) is 3.97. The van der Waals surface area contributed by atoms with E-state index < -0.39 is 12.1 Å². The Balaban J connectivity index is 1.95. The van der Waals surface area contributed by atoms with Crippen LogP contribution in [0.1, 0.15) is 17.8 Å². The fourth-order valence-electron chi connectivity index (χ4n) is 1.89. The molecular formula is C13H15N3O4. The molecule has 7 nitrogen and oxygen atoms in total. The van der Waals surface area contributed by atoms with Crippen LogP contribution in [0.15, 0.2) is 23.4 Å². The Hall–Kier alpha value is -2.44. The van der Waals surface area contributed by atoms with Crippen molar-refractivity contribution in [2.75, 3.05) is 7.05 Å². The average molecular weight is 277 g/mol.